The lowest BCUT2D eigenvalue weighted by atomic mass is 10.0. The number of aromatic hydroxyl groups is 1. The maximum Gasteiger partial charge on any atom is 0.229 e. The van der Waals surface area contributed by atoms with Crippen LogP contribution in [-0.2, 0) is 10.0 Å². The molecule has 2 aromatic heterocycles. The summed E-state index contributed by atoms with van der Waals surface area (Å²) in [6.45, 7) is 1.86. The van der Waals surface area contributed by atoms with Gasteiger partial charge in [-0.25, -0.2) is 8.42 Å². The second-order valence-electron chi connectivity index (χ2n) is 8.69. The number of hydrogen-bond donors (Lipinski definition) is 3. The maximum atomic E-state index is 11.8. The fourth-order valence-electron chi connectivity index (χ4n) is 4.53. The van der Waals surface area contributed by atoms with Crippen LogP contribution >= 0.6 is 12.2 Å². The molecular formula is C26H25N5O3S2. The molecule has 0 spiro atoms. The van der Waals surface area contributed by atoms with Crippen molar-refractivity contribution in [2.45, 2.75) is 19.0 Å². The molecule has 5 rings (SSSR count). The first-order valence-electron chi connectivity index (χ1n) is 11.3. The molecule has 1 saturated heterocycles. The molecule has 3 N–H and O–H groups in total. The lowest BCUT2D eigenvalue weighted by Gasteiger charge is -2.29. The minimum atomic E-state index is -3.40. The van der Waals surface area contributed by atoms with Crippen LogP contribution in [0.4, 0.5) is 11.4 Å². The van der Waals surface area contributed by atoms with Gasteiger partial charge in [0.2, 0.25) is 10.0 Å². The molecule has 2 aromatic carbocycles. The van der Waals surface area contributed by atoms with Crippen molar-refractivity contribution in [2.24, 2.45) is 0 Å². The Kier molecular flexibility index (Phi) is 6.15. The number of aryl methyl sites for hydroxylation is 1. The Labute approximate surface area is 215 Å². The van der Waals surface area contributed by atoms with Gasteiger partial charge < -0.3 is 19.9 Å². The summed E-state index contributed by atoms with van der Waals surface area (Å²) in [5.74, 6) is 0.197. The maximum absolute atomic E-state index is 11.8. The molecule has 10 heteroatoms. The Morgan fingerprint density at radius 1 is 1.03 bits per heavy atom. The van der Waals surface area contributed by atoms with Gasteiger partial charge in [0.15, 0.2) is 5.11 Å². The first-order chi connectivity index (χ1) is 17.2. The van der Waals surface area contributed by atoms with E-state index in [4.69, 9.17) is 12.2 Å². The molecular weight excluding hydrogens is 494 g/mol. The number of thiocarbonyl (C=S) groups is 1. The highest BCUT2D eigenvalue weighted by atomic mass is 32.2. The van der Waals surface area contributed by atoms with Crippen molar-refractivity contribution in [1.82, 2.24) is 14.9 Å². The zero-order chi connectivity index (χ0) is 25.4. The van der Waals surface area contributed by atoms with Gasteiger partial charge in [0, 0.05) is 29.5 Å². The zero-order valence-electron chi connectivity index (χ0n) is 19.7. The van der Waals surface area contributed by atoms with Crippen molar-refractivity contribution in [3.05, 3.63) is 102 Å². The van der Waals surface area contributed by atoms with E-state index in [1.807, 2.05) is 72.6 Å². The van der Waals surface area contributed by atoms with Crippen LogP contribution in [0.15, 0.2) is 85.2 Å². The van der Waals surface area contributed by atoms with Crippen LogP contribution in [0.5, 0.6) is 5.75 Å². The van der Waals surface area contributed by atoms with Gasteiger partial charge in [0.25, 0.3) is 0 Å². The molecule has 0 aliphatic carbocycles. The highest BCUT2D eigenvalue weighted by Crippen LogP contribution is 2.43. The first-order valence-corrected chi connectivity index (χ1v) is 13.6. The molecule has 0 bridgehead atoms. The predicted molar refractivity (Wildman–Crippen MR) is 145 cm³/mol. The monoisotopic (exact) mass is 519 g/mol. The fourth-order valence-corrected chi connectivity index (χ4v) is 5.50. The largest absolute Gasteiger partial charge is 0.508 e. The summed E-state index contributed by atoms with van der Waals surface area (Å²) < 4.78 is 28.2. The van der Waals surface area contributed by atoms with Crippen LogP contribution in [0, 0.1) is 6.92 Å². The molecule has 0 amide bonds. The number of anilines is 2. The van der Waals surface area contributed by atoms with E-state index in [1.54, 1.807) is 24.4 Å². The van der Waals surface area contributed by atoms with E-state index in [2.05, 4.69) is 19.6 Å². The quantitative estimate of drug-likeness (QED) is 0.324. The summed E-state index contributed by atoms with van der Waals surface area (Å²) in [5, 5.41) is 13.8. The Hall–Kier alpha value is -3.89. The number of phenols is 1. The summed E-state index contributed by atoms with van der Waals surface area (Å²) in [5.41, 5.74) is 4.83. The normalized spacial score (nSPS) is 17.7. The van der Waals surface area contributed by atoms with Gasteiger partial charge in [-0.15, -0.1) is 0 Å². The van der Waals surface area contributed by atoms with E-state index >= 15 is 0 Å². The molecule has 4 aromatic rings. The number of nitrogens with zero attached hydrogens (tertiary/aromatic N) is 3. The van der Waals surface area contributed by atoms with E-state index < -0.39 is 10.0 Å². The fraction of sp³-hybridized carbons (Fsp3) is 0.154. The predicted octanol–water partition coefficient (Wildman–Crippen LogP) is 4.43. The van der Waals surface area contributed by atoms with Crippen LogP contribution in [0.1, 0.15) is 29.0 Å². The molecule has 8 nitrogen and oxygen atoms in total. The molecule has 2 atom stereocenters. The molecule has 3 heterocycles. The number of pyridine rings is 1. The zero-order valence-corrected chi connectivity index (χ0v) is 21.3. The summed E-state index contributed by atoms with van der Waals surface area (Å²) in [7, 11) is -3.40. The molecule has 0 unspecified atom stereocenters. The van der Waals surface area contributed by atoms with E-state index in [-0.39, 0.29) is 17.8 Å². The van der Waals surface area contributed by atoms with Crippen LogP contribution in [0.25, 0.3) is 5.69 Å². The number of benzene rings is 2. The number of nitrogens with one attached hydrogen (secondary N) is 2. The minimum absolute atomic E-state index is 0.197. The van der Waals surface area contributed by atoms with E-state index in [1.165, 1.54) is 0 Å². The average molecular weight is 520 g/mol. The van der Waals surface area contributed by atoms with E-state index in [0.717, 1.165) is 34.6 Å². The van der Waals surface area contributed by atoms with Crippen molar-refractivity contribution >= 4 is 38.7 Å². The molecule has 0 radical (unpaired) electrons. The lowest BCUT2D eigenvalue weighted by Crippen LogP contribution is -2.30. The van der Waals surface area contributed by atoms with Crippen molar-refractivity contribution < 1.29 is 13.5 Å². The number of sulfonamides is 1. The van der Waals surface area contributed by atoms with Crippen LogP contribution in [0.2, 0.25) is 0 Å². The van der Waals surface area contributed by atoms with E-state index in [0.29, 0.717) is 10.8 Å². The van der Waals surface area contributed by atoms with Crippen LogP contribution in [-0.4, -0.2) is 34.4 Å². The smallest absolute Gasteiger partial charge is 0.229 e. The van der Waals surface area contributed by atoms with Gasteiger partial charge in [-0.2, -0.15) is 0 Å². The summed E-state index contributed by atoms with van der Waals surface area (Å²) in [4.78, 5) is 6.64. The highest BCUT2D eigenvalue weighted by molar-refractivity contribution is 7.92. The van der Waals surface area contributed by atoms with E-state index in [9.17, 15) is 13.5 Å². The van der Waals surface area contributed by atoms with Gasteiger partial charge >= 0.3 is 0 Å². The molecule has 1 fully saturated rings. The molecule has 1 aliphatic heterocycles. The summed E-state index contributed by atoms with van der Waals surface area (Å²) in [6, 6.07) is 21.9. The Balaban J connectivity index is 1.63. The Morgan fingerprint density at radius 3 is 2.44 bits per heavy atom. The molecule has 184 valence electrons. The van der Waals surface area contributed by atoms with Crippen LogP contribution < -0.4 is 14.9 Å². The number of hydrogen-bond acceptors (Lipinski definition) is 5. The van der Waals surface area contributed by atoms with Gasteiger partial charge in [-0.05, 0) is 91.4 Å². The first kappa shape index (κ1) is 23.8. The molecule has 1 aliphatic rings. The molecule has 0 saturated carbocycles. The third-order valence-electron chi connectivity index (χ3n) is 6.09. The summed E-state index contributed by atoms with van der Waals surface area (Å²) in [6.07, 6.45) is 4.86. The van der Waals surface area contributed by atoms with Crippen molar-refractivity contribution in [2.75, 3.05) is 15.9 Å². The van der Waals surface area contributed by atoms with Crippen molar-refractivity contribution in [3.63, 3.8) is 0 Å². The van der Waals surface area contributed by atoms with Gasteiger partial charge in [0.1, 0.15) is 11.8 Å². The lowest BCUT2D eigenvalue weighted by molar-refractivity contribution is 0.475. The summed E-state index contributed by atoms with van der Waals surface area (Å²) >= 11 is 5.82. The number of rotatable bonds is 6. The highest BCUT2D eigenvalue weighted by Gasteiger charge is 2.42. The second-order valence-corrected chi connectivity index (χ2v) is 10.8. The van der Waals surface area contributed by atoms with Gasteiger partial charge in [-0.3, -0.25) is 9.71 Å². The number of phenolic OH excluding ortho intramolecular Hbond substituents is 1. The van der Waals surface area contributed by atoms with Crippen molar-refractivity contribution in [1.29, 1.82) is 0 Å². The van der Waals surface area contributed by atoms with Gasteiger partial charge in [0.05, 0.1) is 23.7 Å². The SMILES string of the molecule is Cc1cc(N2C(=S)N[C@@H](c3ccccn3)[C@H]2c2cccn2-c2ccc(O)cc2)ccc1NS(C)(=O)=O. The average Bonchev–Trinajstić information content (AvgIpc) is 3.45. The Bertz CT molecular complexity index is 1520. The minimum Gasteiger partial charge on any atom is -0.508 e. The van der Waals surface area contributed by atoms with Gasteiger partial charge in [-0.1, -0.05) is 6.07 Å². The standard InChI is InChI=1S/C26H25N5O3S2/c1-17-16-19(10-13-21(17)29-36(2,33)34)31-25(24(28-26(31)35)22-6-3-4-14-27-22)23-7-5-15-30(23)18-8-11-20(32)12-9-18/h3-16,24-25,29,32H,1-2H3,(H,28,35)/t24-,25+/m0/s1. The molecule has 36 heavy (non-hydrogen) atoms. The second kappa shape index (κ2) is 9.29. The van der Waals surface area contributed by atoms with Crippen molar-refractivity contribution in [3.8, 4) is 11.4 Å². The number of aromatic nitrogens is 2. The third kappa shape index (κ3) is 4.65. The third-order valence-corrected chi connectivity index (χ3v) is 7.00. The van der Waals surface area contributed by atoms with Crippen LogP contribution in [0.3, 0.4) is 0 Å². The Morgan fingerprint density at radius 2 is 1.78 bits per heavy atom. The topological polar surface area (TPSA) is 99.5 Å².